The number of likely N-dealkylation sites (N-methyl/N-ethyl adjacent to an activating group) is 1. The summed E-state index contributed by atoms with van der Waals surface area (Å²) in [7, 11) is 1.91. The minimum Gasteiger partial charge on any atom is -0.454 e. The van der Waals surface area contributed by atoms with Gasteiger partial charge in [-0.3, -0.25) is 4.90 Å². The van der Waals surface area contributed by atoms with Crippen LogP contribution in [0.25, 0.3) is 6.08 Å². The Morgan fingerprint density at radius 1 is 1.08 bits per heavy atom. The van der Waals surface area contributed by atoms with Crippen molar-refractivity contribution in [3.05, 3.63) is 65.2 Å². The molecule has 3 nitrogen and oxygen atoms in total. The second-order valence-electron chi connectivity index (χ2n) is 5.87. The van der Waals surface area contributed by atoms with Crippen LogP contribution in [0.1, 0.15) is 16.7 Å². The molecule has 2 aromatic rings. The van der Waals surface area contributed by atoms with E-state index in [1.807, 2.05) is 30.1 Å². The fraction of sp³-hybridized carbons (Fsp3) is 0.263. The van der Waals surface area contributed by atoms with Crippen molar-refractivity contribution in [2.75, 3.05) is 20.4 Å². The summed E-state index contributed by atoms with van der Waals surface area (Å²) in [6.07, 6.45) is -1.10. The second kappa shape index (κ2) is 8.47. The molecule has 0 N–H and O–H groups in total. The average molecular weight is 386 g/mol. The molecule has 0 aliphatic carbocycles. The van der Waals surface area contributed by atoms with Gasteiger partial charge in [0.15, 0.2) is 11.5 Å². The number of hydrogen-bond donors (Lipinski definition) is 0. The molecule has 0 unspecified atom stereocenters. The first-order chi connectivity index (χ1) is 11.9. The van der Waals surface area contributed by atoms with Gasteiger partial charge < -0.3 is 9.47 Å². The average Bonchev–Trinajstić information content (AvgIpc) is 3.02. The van der Waals surface area contributed by atoms with Crippen LogP contribution in [0.3, 0.4) is 0 Å². The van der Waals surface area contributed by atoms with Gasteiger partial charge in [-0.25, -0.2) is 0 Å². The Labute approximate surface area is 156 Å². The zero-order chi connectivity index (χ0) is 17.9. The van der Waals surface area contributed by atoms with Crippen molar-refractivity contribution in [3.63, 3.8) is 0 Å². The maximum atomic E-state index is 13.0. The zero-order valence-corrected chi connectivity index (χ0v) is 14.9. The van der Waals surface area contributed by atoms with Gasteiger partial charge in [-0.05, 0) is 36.4 Å². The van der Waals surface area contributed by atoms with E-state index in [9.17, 15) is 13.2 Å². The fourth-order valence-corrected chi connectivity index (χ4v) is 2.68. The van der Waals surface area contributed by atoms with Gasteiger partial charge in [0.2, 0.25) is 6.79 Å². The van der Waals surface area contributed by atoms with E-state index in [2.05, 4.69) is 0 Å². The van der Waals surface area contributed by atoms with Gasteiger partial charge in [-0.1, -0.05) is 36.4 Å². The summed E-state index contributed by atoms with van der Waals surface area (Å²) in [4.78, 5) is 2.00. The van der Waals surface area contributed by atoms with Crippen molar-refractivity contribution < 1.29 is 22.6 Å². The molecule has 0 aromatic heterocycles. The molecule has 0 bridgehead atoms. The first-order valence-corrected chi connectivity index (χ1v) is 7.83. The Bertz CT molecular complexity index is 778. The molecule has 0 spiro atoms. The molecule has 2 aromatic carbocycles. The monoisotopic (exact) mass is 385 g/mol. The molecular weight excluding hydrogens is 367 g/mol. The van der Waals surface area contributed by atoms with E-state index >= 15 is 0 Å². The van der Waals surface area contributed by atoms with Crippen LogP contribution in [0.15, 0.2) is 48.5 Å². The van der Waals surface area contributed by atoms with E-state index in [1.54, 1.807) is 12.1 Å². The Balaban J connectivity index is 0.00000243. The highest BCUT2D eigenvalue weighted by Gasteiger charge is 2.32. The summed E-state index contributed by atoms with van der Waals surface area (Å²) in [5.41, 5.74) is 0.604. The molecule has 140 valence electrons. The highest BCUT2D eigenvalue weighted by atomic mass is 35.5. The SMILES string of the molecule is CN(C/C=C/c1ccccc1C(F)(F)F)Cc1ccc2c(c1)OCO2.Cl. The molecular formula is C19H19ClF3NO2. The van der Waals surface area contributed by atoms with Crippen molar-refractivity contribution in [1.29, 1.82) is 0 Å². The zero-order valence-electron chi connectivity index (χ0n) is 14.1. The summed E-state index contributed by atoms with van der Waals surface area (Å²) in [6.45, 7) is 1.42. The number of fused-ring (bicyclic) bond motifs is 1. The van der Waals surface area contributed by atoms with Crippen LogP contribution in [-0.2, 0) is 12.7 Å². The van der Waals surface area contributed by atoms with Crippen LogP contribution in [0.4, 0.5) is 13.2 Å². The number of hydrogen-bond acceptors (Lipinski definition) is 3. The minimum atomic E-state index is -4.35. The first kappa shape index (κ1) is 20.1. The predicted molar refractivity (Wildman–Crippen MR) is 96.6 cm³/mol. The number of benzene rings is 2. The largest absolute Gasteiger partial charge is 0.454 e. The van der Waals surface area contributed by atoms with Crippen LogP contribution in [0.5, 0.6) is 11.5 Å². The molecule has 3 rings (SSSR count). The van der Waals surface area contributed by atoms with Crippen molar-refractivity contribution in [3.8, 4) is 11.5 Å². The van der Waals surface area contributed by atoms with Crippen molar-refractivity contribution in [1.82, 2.24) is 4.90 Å². The van der Waals surface area contributed by atoms with Gasteiger partial charge >= 0.3 is 6.18 Å². The number of ether oxygens (including phenoxy) is 2. The minimum absolute atomic E-state index is 0. The van der Waals surface area contributed by atoms with E-state index in [1.165, 1.54) is 18.2 Å². The van der Waals surface area contributed by atoms with Crippen LogP contribution in [0.2, 0.25) is 0 Å². The molecule has 1 aliphatic rings. The molecule has 0 saturated heterocycles. The van der Waals surface area contributed by atoms with Gasteiger partial charge in [0.1, 0.15) is 0 Å². The van der Waals surface area contributed by atoms with Crippen molar-refractivity contribution >= 4 is 18.5 Å². The lowest BCUT2D eigenvalue weighted by Crippen LogP contribution is -2.17. The third-order valence-corrected chi connectivity index (χ3v) is 3.87. The summed E-state index contributed by atoms with van der Waals surface area (Å²) in [6, 6.07) is 11.3. The normalized spacial score (nSPS) is 13.3. The quantitative estimate of drug-likeness (QED) is 0.722. The van der Waals surface area contributed by atoms with Gasteiger partial charge in [0.05, 0.1) is 5.56 Å². The maximum absolute atomic E-state index is 13.0. The number of alkyl halides is 3. The first-order valence-electron chi connectivity index (χ1n) is 7.83. The standard InChI is InChI=1S/C19H18F3NO2.ClH/c1-23(12-14-8-9-17-18(11-14)25-13-24-17)10-4-6-15-5-2-3-7-16(15)19(20,21)22;/h2-9,11H,10,12-13H2,1H3;1H/b6-4+;. The second-order valence-corrected chi connectivity index (χ2v) is 5.87. The molecule has 0 atom stereocenters. The predicted octanol–water partition coefficient (Wildman–Crippen LogP) is 5.00. The lowest BCUT2D eigenvalue weighted by molar-refractivity contribution is -0.137. The highest BCUT2D eigenvalue weighted by molar-refractivity contribution is 5.85. The van der Waals surface area contributed by atoms with Crippen LogP contribution in [0, 0.1) is 0 Å². The molecule has 7 heteroatoms. The van der Waals surface area contributed by atoms with Crippen LogP contribution in [-0.4, -0.2) is 25.3 Å². The highest BCUT2D eigenvalue weighted by Crippen LogP contribution is 2.33. The summed E-state index contributed by atoms with van der Waals surface area (Å²) in [5.74, 6) is 1.45. The molecule has 1 aliphatic heterocycles. The molecule has 1 heterocycles. The van der Waals surface area contributed by atoms with Gasteiger partial charge in [0, 0.05) is 13.1 Å². The number of nitrogens with zero attached hydrogens (tertiary/aromatic N) is 1. The third kappa shape index (κ3) is 4.93. The van der Waals surface area contributed by atoms with Gasteiger partial charge in [-0.15, -0.1) is 12.4 Å². The Morgan fingerprint density at radius 2 is 1.81 bits per heavy atom. The molecule has 0 fully saturated rings. The fourth-order valence-electron chi connectivity index (χ4n) is 2.68. The molecule has 26 heavy (non-hydrogen) atoms. The lowest BCUT2D eigenvalue weighted by Gasteiger charge is -2.15. The molecule has 0 saturated carbocycles. The molecule has 0 amide bonds. The van der Waals surface area contributed by atoms with E-state index in [-0.39, 0.29) is 24.8 Å². The van der Waals surface area contributed by atoms with Crippen LogP contribution >= 0.6 is 12.4 Å². The van der Waals surface area contributed by atoms with Crippen molar-refractivity contribution in [2.45, 2.75) is 12.7 Å². The summed E-state index contributed by atoms with van der Waals surface area (Å²) in [5, 5.41) is 0. The number of rotatable bonds is 5. The van der Waals surface area contributed by atoms with Crippen molar-refractivity contribution in [2.24, 2.45) is 0 Å². The topological polar surface area (TPSA) is 21.7 Å². The number of halogens is 4. The Morgan fingerprint density at radius 3 is 2.58 bits per heavy atom. The van der Waals surface area contributed by atoms with E-state index in [0.29, 0.717) is 13.1 Å². The third-order valence-electron chi connectivity index (χ3n) is 3.87. The van der Waals surface area contributed by atoms with Gasteiger partial charge in [0.25, 0.3) is 0 Å². The Hall–Kier alpha value is -2.18. The maximum Gasteiger partial charge on any atom is 0.416 e. The lowest BCUT2D eigenvalue weighted by atomic mass is 10.1. The van der Waals surface area contributed by atoms with E-state index in [0.717, 1.165) is 23.1 Å². The molecule has 0 radical (unpaired) electrons. The van der Waals surface area contributed by atoms with Gasteiger partial charge in [-0.2, -0.15) is 13.2 Å². The smallest absolute Gasteiger partial charge is 0.416 e. The Kier molecular flexibility index (Phi) is 6.56. The summed E-state index contributed by atoms with van der Waals surface area (Å²) < 4.78 is 49.5. The summed E-state index contributed by atoms with van der Waals surface area (Å²) >= 11 is 0. The van der Waals surface area contributed by atoms with E-state index in [4.69, 9.17) is 9.47 Å². The van der Waals surface area contributed by atoms with E-state index < -0.39 is 11.7 Å². The van der Waals surface area contributed by atoms with Crippen LogP contribution < -0.4 is 9.47 Å².